The van der Waals surface area contributed by atoms with Gasteiger partial charge in [0.15, 0.2) is 0 Å². The SMILES string of the molecule is CCCCCCCCCCCCCCCCCCS(=O)(=O)Nc1cc(C)ccc1C. The van der Waals surface area contributed by atoms with Gasteiger partial charge in [0.25, 0.3) is 0 Å². The van der Waals surface area contributed by atoms with Gasteiger partial charge in [-0.15, -0.1) is 0 Å². The summed E-state index contributed by atoms with van der Waals surface area (Å²) < 4.78 is 27.4. The molecule has 0 bridgehead atoms. The van der Waals surface area contributed by atoms with E-state index >= 15 is 0 Å². The van der Waals surface area contributed by atoms with Crippen molar-refractivity contribution in [2.45, 2.75) is 124 Å². The van der Waals surface area contributed by atoms with Crippen LogP contribution in [0.5, 0.6) is 0 Å². The zero-order chi connectivity index (χ0) is 22.1. The summed E-state index contributed by atoms with van der Waals surface area (Å²) >= 11 is 0. The molecule has 0 saturated heterocycles. The molecule has 0 unspecified atom stereocenters. The number of anilines is 1. The lowest BCUT2D eigenvalue weighted by Gasteiger charge is -2.11. The molecule has 1 rings (SSSR count). The first-order valence-electron chi connectivity index (χ1n) is 12.5. The van der Waals surface area contributed by atoms with Gasteiger partial charge < -0.3 is 0 Å². The lowest BCUT2D eigenvalue weighted by molar-refractivity contribution is 0.531. The standard InChI is InChI=1S/C26H47NO2S/c1-4-5-6-7-8-9-10-11-12-13-14-15-16-17-18-19-22-30(28,29)27-26-23-24(2)20-21-25(26)3/h20-21,23,27H,4-19,22H2,1-3H3. The van der Waals surface area contributed by atoms with Crippen LogP contribution >= 0.6 is 0 Å². The molecule has 0 saturated carbocycles. The molecule has 0 atom stereocenters. The molecule has 174 valence electrons. The molecular formula is C26H47NO2S. The van der Waals surface area contributed by atoms with E-state index in [9.17, 15) is 8.42 Å². The Bertz CT molecular complexity index is 655. The molecular weight excluding hydrogens is 390 g/mol. The molecule has 0 aliphatic rings. The minimum Gasteiger partial charge on any atom is -0.283 e. The van der Waals surface area contributed by atoms with E-state index in [4.69, 9.17) is 0 Å². The highest BCUT2D eigenvalue weighted by atomic mass is 32.2. The normalized spacial score (nSPS) is 11.7. The van der Waals surface area contributed by atoms with Crippen LogP contribution in [-0.2, 0) is 10.0 Å². The number of sulfonamides is 1. The van der Waals surface area contributed by atoms with E-state index in [2.05, 4.69) is 11.6 Å². The third-order valence-electron chi connectivity index (χ3n) is 5.93. The van der Waals surface area contributed by atoms with Gasteiger partial charge in [-0.25, -0.2) is 8.42 Å². The maximum Gasteiger partial charge on any atom is 0.232 e. The zero-order valence-corrected chi connectivity index (χ0v) is 20.8. The molecule has 0 fully saturated rings. The minimum absolute atomic E-state index is 0.221. The second kappa shape index (κ2) is 16.6. The van der Waals surface area contributed by atoms with E-state index < -0.39 is 10.0 Å². The Morgan fingerprint density at radius 1 is 0.667 bits per heavy atom. The molecule has 30 heavy (non-hydrogen) atoms. The molecule has 1 N–H and O–H groups in total. The molecule has 0 amide bonds. The highest BCUT2D eigenvalue weighted by Gasteiger charge is 2.11. The van der Waals surface area contributed by atoms with Gasteiger partial charge in [0.1, 0.15) is 0 Å². The summed E-state index contributed by atoms with van der Waals surface area (Å²) in [7, 11) is -3.24. The van der Waals surface area contributed by atoms with E-state index in [1.54, 1.807) is 0 Å². The Kier molecular flexibility index (Phi) is 15.0. The first-order valence-corrected chi connectivity index (χ1v) is 14.2. The maximum atomic E-state index is 12.3. The number of hydrogen-bond donors (Lipinski definition) is 1. The zero-order valence-electron chi connectivity index (χ0n) is 20.0. The fraction of sp³-hybridized carbons (Fsp3) is 0.769. The van der Waals surface area contributed by atoms with Crippen LogP contribution in [0.15, 0.2) is 18.2 Å². The summed E-state index contributed by atoms with van der Waals surface area (Å²) in [5.41, 5.74) is 2.75. The summed E-state index contributed by atoms with van der Waals surface area (Å²) in [6.45, 7) is 6.19. The monoisotopic (exact) mass is 437 g/mol. The van der Waals surface area contributed by atoms with E-state index in [-0.39, 0.29) is 5.75 Å². The molecule has 0 heterocycles. The van der Waals surface area contributed by atoms with Gasteiger partial charge in [0.2, 0.25) is 10.0 Å². The number of rotatable bonds is 19. The molecule has 0 aliphatic carbocycles. The molecule has 0 spiro atoms. The first kappa shape index (κ1) is 27.0. The van der Waals surface area contributed by atoms with Gasteiger partial charge in [-0.05, 0) is 37.5 Å². The van der Waals surface area contributed by atoms with Gasteiger partial charge >= 0.3 is 0 Å². The second-order valence-electron chi connectivity index (χ2n) is 9.04. The molecule has 0 aromatic heterocycles. The predicted octanol–water partition coefficient (Wildman–Crippen LogP) is 8.31. The van der Waals surface area contributed by atoms with Crippen molar-refractivity contribution in [2.24, 2.45) is 0 Å². The van der Waals surface area contributed by atoms with E-state index in [0.29, 0.717) is 5.69 Å². The predicted molar refractivity (Wildman–Crippen MR) is 133 cm³/mol. The average molecular weight is 438 g/mol. The maximum absolute atomic E-state index is 12.3. The molecule has 1 aromatic rings. The van der Waals surface area contributed by atoms with Crippen molar-refractivity contribution >= 4 is 15.7 Å². The number of hydrogen-bond acceptors (Lipinski definition) is 2. The molecule has 3 nitrogen and oxygen atoms in total. The summed E-state index contributed by atoms with van der Waals surface area (Å²) in [6.07, 6.45) is 20.8. The summed E-state index contributed by atoms with van der Waals surface area (Å²) in [5.74, 6) is 0.221. The van der Waals surface area contributed by atoms with Crippen LogP contribution in [0.4, 0.5) is 5.69 Å². The van der Waals surface area contributed by atoms with Crippen LogP contribution in [0.25, 0.3) is 0 Å². The average Bonchev–Trinajstić information content (AvgIpc) is 2.70. The first-order chi connectivity index (χ1) is 14.4. The Morgan fingerprint density at radius 3 is 1.57 bits per heavy atom. The van der Waals surface area contributed by atoms with Gasteiger partial charge in [0, 0.05) is 0 Å². The van der Waals surface area contributed by atoms with E-state index in [1.165, 1.54) is 83.5 Å². The highest BCUT2D eigenvalue weighted by Crippen LogP contribution is 2.19. The van der Waals surface area contributed by atoms with Crippen LogP contribution in [0.1, 0.15) is 121 Å². The van der Waals surface area contributed by atoms with E-state index in [1.807, 2.05) is 32.0 Å². The lowest BCUT2D eigenvalue weighted by Crippen LogP contribution is -2.17. The Balaban J connectivity index is 1.94. The van der Waals surface area contributed by atoms with Crippen molar-refractivity contribution in [3.8, 4) is 0 Å². The third-order valence-corrected chi connectivity index (χ3v) is 7.28. The lowest BCUT2D eigenvalue weighted by atomic mass is 10.0. The number of aryl methyl sites for hydroxylation is 2. The summed E-state index contributed by atoms with van der Waals surface area (Å²) in [5, 5.41) is 0. The van der Waals surface area contributed by atoms with Gasteiger partial charge in [-0.1, -0.05) is 115 Å². The van der Waals surface area contributed by atoms with Crippen LogP contribution in [0, 0.1) is 13.8 Å². The van der Waals surface area contributed by atoms with Gasteiger partial charge in [-0.3, -0.25) is 4.72 Å². The smallest absolute Gasteiger partial charge is 0.232 e. The van der Waals surface area contributed by atoms with Crippen molar-refractivity contribution in [2.75, 3.05) is 10.5 Å². The largest absolute Gasteiger partial charge is 0.283 e. The fourth-order valence-corrected chi connectivity index (χ4v) is 5.15. The molecule has 4 heteroatoms. The topological polar surface area (TPSA) is 46.2 Å². The van der Waals surface area contributed by atoms with Crippen LogP contribution in [0.3, 0.4) is 0 Å². The number of unbranched alkanes of at least 4 members (excludes halogenated alkanes) is 15. The highest BCUT2D eigenvalue weighted by molar-refractivity contribution is 7.92. The second-order valence-corrected chi connectivity index (χ2v) is 10.9. The molecule has 1 aromatic carbocycles. The number of nitrogens with one attached hydrogen (secondary N) is 1. The van der Waals surface area contributed by atoms with Crippen LogP contribution < -0.4 is 4.72 Å². The van der Waals surface area contributed by atoms with Gasteiger partial charge in [0.05, 0.1) is 11.4 Å². The third kappa shape index (κ3) is 14.1. The fourth-order valence-electron chi connectivity index (χ4n) is 3.90. The van der Waals surface area contributed by atoms with E-state index in [0.717, 1.165) is 30.4 Å². The summed E-state index contributed by atoms with van der Waals surface area (Å²) in [6, 6.07) is 5.87. The van der Waals surface area contributed by atoms with Crippen LogP contribution in [0.2, 0.25) is 0 Å². The van der Waals surface area contributed by atoms with Crippen molar-refractivity contribution in [3.63, 3.8) is 0 Å². The Morgan fingerprint density at radius 2 is 1.10 bits per heavy atom. The molecule has 0 aliphatic heterocycles. The van der Waals surface area contributed by atoms with Crippen molar-refractivity contribution in [3.05, 3.63) is 29.3 Å². The summed E-state index contributed by atoms with van der Waals surface area (Å²) in [4.78, 5) is 0. The van der Waals surface area contributed by atoms with Crippen molar-refractivity contribution in [1.29, 1.82) is 0 Å². The van der Waals surface area contributed by atoms with Crippen molar-refractivity contribution in [1.82, 2.24) is 0 Å². The van der Waals surface area contributed by atoms with Crippen molar-refractivity contribution < 1.29 is 8.42 Å². The Labute approximate surface area is 187 Å². The Hall–Kier alpha value is -1.03. The van der Waals surface area contributed by atoms with Crippen LogP contribution in [-0.4, -0.2) is 14.2 Å². The van der Waals surface area contributed by atoms with Gasteiger partial charge in [-0.2, -0.15) is 0 Å². The minimum atomic E-state index is -3.24. The molecule has 0 radical (unpaired) electrons. The quantitative estimate of drug-likeness (QED) is 0.221. The number of benzene rings is 1.